The number of rotatable bonds is 7. The largest absolute Gasteiger partial charge is 0.417 e. The van der Waals surface area contributed by atoms with Crippen molar-refractivity contribution in [2.75, 3.05) is 18.2 Å². The van der Waals surface area contributed by atoms with E-state index in [1.807, 2.05) is 13.8 Å². The van der Waals surface area contributed by atoms with Gasteiger partial charge in [0.2, 0.25) is 0 Å². The molecule has 15 heteroatoms. The average Bonchev–Trinajstić information content (AvgIpc) is 3.35. The molecule has 5 rings (SSSR count). The summed E-state index contributed by atoms with van der Waals surface area (Å²) in [5.74, 6) is -0.497. The number of nitrogens with one attached hydrogen (secondary N) is 1. The molecule has 9 nitrogen and oxygen atoms in total. The molecule has 2 aliphatic rings. The number of alkyl halides is 4. The molecule has 0 fully saturated rings. The zero-order valence-corrected chi connectivity index (χ0v) is 26.5. The molecule has 0 saturated heterocycles. The van der Waals surface area contributed by atoms with Crippen LogP contribution in [0.1, 0.15) is 82.5 Å². The standard InChI is InChI=1S/C29H31Cl2F3N6O3S/c1-16-11-24-21(15-38(16)27(41)19-5-7-23(31)22(12-19)29(32,33)34)26-28(42)39(14-17(2)40(26)37-24)18(3)20-6-8-25(36-13-20)44(35,43)10-4-9-30/h5-8,12-13,16-18,35H,4,9-11,14-15H2,1-3H3/t16-,17-,18?,44?/m1/s1. The molecule has 0 bridgehead atoms. The first kappa shape index (κ1) is 32.2. The first-order valence-electron chi connectivity index (χ1n) is 14.0. The van der Waals surface area contributed by atoms with Crippen molar-refractivity contribution >= 4 is 44.7 Å². The number of hydrogen-bond donors (Lipinski definition) is 1. The monoisotopic (exact) mass is 670 g/mol. The molecule has 44 heavy (non-hydrogen) atoms. The van der Waals surface area contributed by atoms with Crippen molar-refractivity contribution in [1.29, 1.82) is 4.78 Å². The fourth-order valence-electron chi connectivity index (χ4n) is 5.71. The lowest BCUT2D eigenvalue weighted by atomic mass is 9.96. The van der Waals surface area contributed by atoms with E-state index in [2.05, 4.69) is 4.98 Å². The second-order valence-electron chi connectivity index (χ2n) is 11.2. The van der Waals surface area contributed by atoms with Crippen molar-refractivity contribution in [2.24, 2.45) is 0 Å². The van der Waals surface area contributed by atoms with E-state index in [9.17, 15) is 27.0 Å². The minimum Gasteiger partial charge on any atom is -0.331 e. The number of hydrogen-bond acceptors (Lipinski definition) is 6. The minimum atomic E-state index is -4.72. The van der Waals surface area contributed by atoms with Crippen molar-refractivity contribution < 1.29 is 27.0 Å². The van der Waals surface area contributed by atoms with Gasteiger partial charge in [-0.05, 0) is 57.0 Å². The summed E-state index contributed by atoms with van der Waals surface area (Å²) in [4.78, 5) is 34.9. The fourth-order valence-corrected chi connectivity index (χ4v) is 7.50. The summed E-state index contributed by atoms with van der Waals surface area (Å²) in [6.45, 7) is 5.93. The van der Waals surface area contributed by atoms with Crippen molar-refractivity contribution in [3.05, 3.63) is 75.2 Å². The van der Waals surface area contributed by atoms with E-state index in [1.54, 1.807) is 28.6 Å². The summed E-state index contributed by atoms with van der Waals surface area (Å²) in [5.41, 5.74) is 1.03. The fraction of sp³-hybridized carbons (Fsp3) is 0.448. The SMILES string of the molecule is CC(c1ccc(S(=N)(=O)CCCCl)nc1)N1C[C@@H](C)n2nc3c(c2C1=O)CN(C(=O)c1ccc(Cl)c(C(F)(F)F)c1)[C@H](C)C3. The molecule has 2 aromatic heterocycles. The first-order chi connectivity index (χ1) is 20.6. The molecule has 2 unspecified atom stereocenters. The van der Waals surface area contributed by atoms with E-state index in [4.69, 9.17) is 33.1 Å². The summed E-state index contributed by atoms with van der Waals surface area (Å²) < 4.78 is 63.0. The molecule has 0 radical (unpaired) electrons. The number of halogens is 5. The van der Waals surface area contributed by atoms with Gasteiger partial charge in [-0.15, -0.1) is 11.6 Å². The van der Waals surface area contributed by atoms with E-state index in [0.29, 0.717) is 47.8 Å². The number of benzene rings is 1. The van der Waals surface area contributed by atoms with Crippen LogP contribution in [0.2, 0.25) is 5.02 Å². The molecule has 0 saturated carbocycles. The van der Waals surface area contributed by atoms with Crippen LogP contribution in [-0.4, -0.2) is 64.8 Å². The van der Waals surface area contributed by atoms with Crippen LogP contribution in [0.5, 0.6) is 0 Å². The third kappa shape index (κ3) is 5.93. The zero-order chi connectivity index (χ0) is 32.1. The summed E-state index contributed by atoms with van der Waals surface area (Å²) in [5, 5.41) is 4.38. The Morgan fingerprint density at radius 3 is 2.57 bits per heavy atom. The van der Waals surface area contributed by atoms with Crippen molar-refractivity contribution in [3.8, 4) is 0 Å². The number of fused-ring (bicyclic) bond motifs is 3. The lowest BCUT2D eigenvalue weighted by molar-refractivity contribution is -0.137. The maximum absolute atomic E-state index is 14.0. The number of carbonyl (C=O) groups excluding carboxylic acids is 2. The van der Waals surface area contributed by atoms with Gasteiger partial charge in [-0.25, -0.2) is 14.0 Å². The van der Waals surface area contributed by atoms with Gasteiger partial charge in [0.25, 0.3) is 11.8 Å². The summed E-state index contributed by atoms with van der Waals surface area (Å²) >= 11 is 11.5. The van der Waals surface area contributed by atoms with Gasteiger partial charge in [0.15, 0.2) is 0 Å². The Bertz CT molecular complexity index is 1710. The highest BCUT2D eigenvalue weighted by Crippen LogP contribution is 2.37. The molecule has 2 aliphatic heterocycles. The Balaban J connectivity index is 1.42. The molecule has 1 N–H and O–H groups in total. The highest BCUT2D eigenvalue weighted by atomic mass is 35.5. The van der Waals surface area contributed by atoms with Gasteiger partial charge in [-0.1, -0.05) is 17.7 Å². The molecule has 0 aliphatic carbocycles. The van der Waals surface area contributed by atoms with Crippen LogP contribution in [0.15, 0.2) is 41.6 Å². The highest BCUT2D eigenvalue weighted by molar-refractivity contribution is 7.92. The number of pyridine rings is 1. The normalized spacial score (nSPS) is 20.6. The van der Waals surface area contributed by atoms with Gasteiger partial charge < -0.3 is 9.80 Å². The van der Waals surface area contributed by atoms with Crippen LogP contribution in [0.3, 0.4) is 0 Å². The Labute approximate surface area is 263 Å². The molecular weight excluding hydrogens is 640 g/mol. The smallest absolute Gasteiger partial charge is 0.331 e. The van der Waals surface area contributed by atoms with E-state index in [-0.39, 0.29) is 40.9 Å². The average molecular weight is 672 g/mol. The van der Waals surface area contributed by atoms with Crippen LogP contribution >= 0.6 is 23.2 Å². The minimum absolute atomic E-state index is 0.00569. The Morgan fingerprint density at radius 2 is 1.93 bits per heavy atom. The van der Waals surface area contributed by atoms with Crippen molar-refractivity contribution in [3.63, 3.8) is 0 Å². The molecule has 1 aromatic carbocycles. The van der Waals surface area contributed by atoms with Gasteiger partial charge in [0, 0.05) is 48.0 Å². The summed E-state index contributed by atoms with van der Waals surface area (Å²) in [6, 6.07) is 5.35. The molecule has 4 atom stereocenters. The van der Waals surface area contributed by atoms with Crippen LogP contribution in [0.25, 0.3) is 0 Å². The predicted octanol–water partition coefficient (Wildman–Crippen LogP) is 6.35. The maximum atomic E-state index is 14.0. The van der Waals surface area contributed by atoms with Gasteiger partial charge in [0.1, 0.15) is 10.7 Å². The van der Waals surface area contributed by atoms with Gasteiger partial charge in [-0.3, -0.25) is 14.3 Å². The van der Waals surface area contributed by atoms with E-state index >= 15 is 0 Å². The number of nitrogens with zero attached hydrogens (tertiary/aromatic N) is 5. The van der Waals surface area contributed by atoms with E-state index in [0.717, 1.165) is 12.1 Å². The Morgan fingerprint density at radius 1 is 1.20 bits per heavy atom. The number of aromatic nitrogens is 3. The third-order valence-corrected chi connectivity index (χ3v) is 10.6. The van der Waals surface area contributed by atoms with E-state index in [1.165, 1.54) is 17.2 Å². The Kier molecular flexibility index (Phi) is 8.78. The second kappa shape index (κ2) is 12.0. The van der Waals surface area contributed by atoms with Crippen LogP contribution in [0.4, 0.5) is 13.2 Å². The first-order valence-corrected chi connectivity index (χ1v) is 16.6. The van der Waals surface area contributed by atoms with Gasteiger partial charge in [0.05, 0.1) is 44.6 Å². The lowest BCUT2D eigenvalue weighted by Gasteiger charge is -2.37. The highest BCUT2D eigenvalue weighted by Gasteiger charge is 2.41. The van der Waals surface area contributed by atoms with Crippen LogP contribution in [0, 0.1) is 4.78 Å². The molecule has 3 aromatic rings. The molecule has 4 heterocycles. The van der Waals surface area contributed by atoms with Crippen molar-refractivity contribution in [1.82, 2.24) is 24.6 Å². The topological polar surface area (TPSA) is 112 Å². The lowest BCUT2D eigenvalue weighted by Crippen LogP contribution is -2.45. The third-order valence-electron chi connectivity index (χ3n) is 8.17. The Hall–Kier alpha value is -3.16. The van der Waals surface area contributed by atoms with Gasteiger partial charge in [-0.2, -0.15) is 18.3 Å². The van der Waals surface area contributed by atoms with Crippen molar-refractivity contribution in [2.45, 2.75) is 69.5 Å². The molecule has 236 valence electrons. The summed E-state index contributed by atoms with van der Waals surface area (Å²) in [7, 11) is -3.08. The zero-order valence-electron chi connectivity index (χ0n) is 24.2. The maximum Gasteiger partial charge on any atom is 0.417 e. The molecular formula is C29H31Cl2F3N6O3S. The van der Waals surface area contributed by atoms with E-state index < -0.39 is 38.4 Å². The quantitative estimate of drug-likeness (QED) is 0.295. The summed E-state index contributed by atoms with van der Waals surface area (Å²) in [6.07, 6.45) is -2.43. The second-order valence-corrected chi connectivity index (χ2v) is 14.2. The molecule has 2 amide bonds. The van der Waals surface area contributed by atoms with Gasteiger partial charge >= 0.3 is 6.18 Å². The number of carbonyl (C=O) groups is 2. The van der Waals surface area contributed by atoms with Crippen LogP contribution in [-0.2, 0) is 28.9 Å². The number of amides is 2. The predicted molar refractivity (Wildman–Crippen MR) is 159 cm³/mol. The molecule has 0 spiro atoms. The van der Waals surface area contributed by atoms with Crippen LogP contribution < -0.4 is 0 Å².